The van der Waals surface area contributed by atoms with Crippen molar-refractivity contribution in [3.8, 4) is 0 Å². The zero-order chi connectivity index (χ0) is 20.8. The highest BCUT2D eigenvalue weighted by Crippen LogP contribution is 2.15. The number of imidazole rings is 2. The number of aliphatic imine (C=N–C) groups is 1. The highest BCUT2D eigenvalue weighted by Gasteiger charge is 2.06. The summed E-state index contributed by atoms with van der Waals surface area (Å²) in [6.07, 6.45) is 3.92. The van der Waals surface area contributed by atoms with E-state index in [1.54, 1.807) is 0 Å². The average molecular weight is 404 g/mol. The molecule has 0 saturated heterocycles. The Morgan fingerprint density at radius 2 is 1.57 bits per heavy atom. The second-order valence-corrected chi connectivity index (χ2v) is 7.36. The number of guanidine groups is 1. The molecule has 4 rings (SSSR count). The first-order chi connectivity index (χ1) is 14.8. The topological polar surface area (TPSA) is 72.1 Å². The Kier molecular flexibility index (Phi) is 6.27. The number of para-hydroxylation sites is 4. The maximum Gasteiger partial charge on any atom is 0.190 e. The molecule has 156 valence electrons. The van der Waals surface area contributed by atoms with Gasteiger partial charge in [0.1, 0.15) is 5.82 Å². The second kappa shape index (κ2) is 9.43. The quantitative estimate of drug-likeness (QED) is 0.269. The molecule has 0 spiro atoms. The molecule has 7 nitrogen and oxygen atoms in total. The number of hydrogen-bond acceptors (Lipinski definition) is 3. The molecule has 2 aromatic heterocycles. The van der Waals surface area contributed by atoms with Crippen LogP contribution in [0, 0.1) is 6.92 Å². The lowest BCUT2D eigenvalue weighted by Gasteiger charge is -2.13. The first-order valence-corrected chi connectivity index (χ1v) is 10.5. The van der Waals surface area contributed by atoms with Crippen LogP contribution in [0.4, 0.5) is 0 Å². The molecule has 0 aliphatic heterocycles. The molecule has 0 bridgehead atoms. The van der Waals surface area contributed by atoms with Crippen LogP contribution >= 0.6 is 0 Å². The molecule has 2 N–H and O–H groups in total. The van der Waals surface area contributed by atoms with Crippen molar-refractivity contribution in [1.29, 1.82) is 0 Å². The lowest BCUT2D eigenvalue weighted by molar-refractivity contribution is 0.613. The summed E-state index contributed by atoms with van der Waals surface area (Å²) in [5, 5.41) is 6.81. The van der Waals surface area contributed by atoms with E-state index in [0.29, 0.717) is 0 Å². The van der Waals surface area contributed by atoms with E-state index in [1.807, 2.05) is 31.6 Å². The number of rotatable bonds is 8. The SMILES string of the molecule is CN=C(NCCCn1cnc2ccccc21)NCCCn1c(C)nc2ccccc21. The van der Waals surface area contributed by atoms with E-state index in [9.17, 15) is 0 Å². The van der Waals surface area contributed by atoms with Gasteiger partial charge in [-0.25, -0.2) is 9.97 Å². The zero-order valence-corrected chi connectivity index (χ0v) is 17.7. The molecular formula is C23H29N7. The summed E-state index contributed by atoms with van der Waals surface area (Å²) < 4.78 is 4.48. The summed E-state index contributed by atoms with van der Waals surface area (Å²) >= 11 is 0. The summed E-state index contributed by atoms with van der Waals surface area (Å²) in [4.78, 5) is 13.4. The third-order valence-electron chi connectivity index (χ3n) is 5.32. The number of benzene rings is 2. The molecule has 0 unspecified atom stereocenters. The predicted octanol–water partition coefficient (Wildman–Crippen LogP) is 3.34. The van der Waals surface area contributed by atoms with Crippen LogP contribution in [0.3, 0.4) is 0 Å². The van der Waals surface area contributed by atoms with E-state index in [0.717, 1.165) is 61.8 Å². The Labute approximate surface area is 176 Å². The molecule has 0 atom stereocenters. The predicted molar refractivity (Wildman–Crippen MR) is 123 cm³/mol. The molecule has 30 heavy (non-hydrogen) atoms. The van der Waals surface area contributed by atoms with E-state index in [1.165, 1.54) is 11.0 Å². The first kappa shape index (κ1) is 19.9. The van der Waals surface area contributed by atoms with Crippen molar-refractivity contribution in [2.75, 3.05) is 20.1 Å². The van der Waals surface area contributed by atoms with Gasteiger partial charge >= 0.3 is 0 Å². The molecule has 4 aromatic rings. The van der Waals surface area contributed by atoms with Crippen molar-refractivity contribution in [3.63, 3.8) is 0 Å². The number of aromatic nitrogens is 4. The van der Waals surface area contributed by atoms with Gasteiger partial charge in [-0.15, -0.1) is 0 Å². The molecule has 0 radical (unpaired) electrons. The fourth-order valence-corrected chi connectivity index (χ4v) is 3.79. The van der Waals surface area contributed by atoms with Crippen molar-refractivity contribution in [2.24, 2.45) is 4.99 Å². The van der Waals surface area contributed by atoms with Crippen LogP contribution in [0.15, 0.2) is 59.9 Å². The van der Waals surface area contributed by atoms with Gasteiger partial charge < -0.3 is 19.8 Å². The van der Waals surface area contributed by atoms with Crippen molar-refractivity contribution in [3.05, 3.63) is 60.7 Å². The maximum absolute atomic E-state index is 4.63. The van der Waals surface area contributed by atoms with Crippen molar-refractivity contribution in [2.45, 2.75) is 32.9 Å². The minimum absolute atomic E-state index is 0.845. The molecule has 2 aromatic carbocycles. The van der Waals surface area contributed by atoms with Crippen LogP contribution in [0.25, 0.3) is 22.1 Å². The van der Waals surface area contributed by atoms with Gasteiger partial charge in [0, 0.05) is 33.2 Å². The minimum Gasteiger partial charge on any atom is -0.356 e. The molecule has 0 aliphatic rings. The van der Waals surface area contributed by atoms with E-state index >= 15 is 0 Å². The van der Waals surface area contributed by atoms with Crippen molar-refractivity contribution >= 4 is 28.0 Å². The number of hydrogen-bond donors (Lipinski definition) is 2. The van der Waals surface area contributed by atoms with Gasteiger partial charge in [0.2, 0.25) is 0 Å². The Morgan fingerprint density at radius 1 is 0.900 bits per heavy atom. The monoisotopic (exact) mass is 403 g/mol. The fraction of sp³-hybridized carbons (Fsp3) is 0.348. The maximum atomic E-state index is 4.63. The summed E-state index contributed by atoms with van der Waals surface area (Å²) in [6, 6.07) is 16.5. The van der Waals surface area contributed by atoms with E-state index < -0.39 is 0 Å². The van der Waals surface area contributed by atoms with E-state index in [4.69, 9.17) is 0 Å². The van der Waals surface area contributed by atoms with Crippen LogP contribution in [0.5, 0.6) is 0 Å². The normalized spacial score (nSPS) is 12.0. The van der Waals surface area contributed by atoms with E-state index in [-0.39, 0.29) is 0 Å². The third-order valence-corrected chi connectivity index (χ3v) is 5.32. The van der Waals surface area contributed by atoms with Crippen LogP contribution in [0.1, 0.15) is 18.7 Å². The fourth-order valence-electron chi connectivity index (χ4n) is 3.79. The number of nitrogens with zero attached hydrogens (tertiary/aromatic N) is 5. The van der Waals surface area contributed by atoms with Crippen molar-refractivity contribution < 1.29 is 0 Å². The minimum atomic E-state index is 0.845. The summed E-state index contributed by atoms with van der Waals surface area (Å²) in [5.74, 6) is 1.91. The average Bonchev–Trinajstić information content (AvgIpc) is 3.33. The highest BCUT2D eigenvalue weighted by molar-refractivity contribution is 5.79. The summed E-state index contributed by atoms with van der Waals surface area (Å²) in [7, 11) is 1.81. The van der Waals surface area contributed by atoms with E-state index in [2.05, 4.69) is 72.0 Å². The zero-order valence-electron chi connectivity index (χ0n) is 17.7. The van der Waals surface area contributed by atoms with Crippen LogP contribution in [-0.2, 0) is 13.1 Å². The smallest absolute Gasteiger partial charge is 0.190 e. The van der Waals surface area contributed by atoms with Gasteiger partial charge in [-0.1, -0.05) is 24.3 Å². The van der Waals surface area contributed by atoms with Crippen LogP contribution in [-0.4, -0.2) is 45.2 Å². The molecule has 2 heterocycles. The van der Waals surface area contributed by atoms with Gasteiger partial charge in [0.25, 0.3) is 0 Å². The Morgan fingerprint density at radius 3 is 2.33 bits per heavy atom. The molecule has 0 fully saturated rings. The molecule has 0 saturated carbocycles. The number of fused-ring (bicyclic) bond motifs is 2. The van der Waals surface area contributed by atoms with Crippen molar-refractivity contribution in [1.82, 2.24) is 29.7 Å². The van der Waals surface area contributed by atoms with Gasteiger partial charge in [0.15, 0.2) is 5.96 Å². The highest BCUT2D eigenvalue weighted by atomic mass is 15.2. The van der Waals surface area contributed by atoms with Gasteiger partial charge in [-0.05, 0) is 44.0 Å². The Balaban J connectivity index is 1.19. The summed E-state index contributed by atoms with van der Waals surface area (Å²) in [5.41, 5.74) is 4.49. The molecular weight excluding hydrogens is 374 g/mol. The number of aryl methyl sites for hydroxylation is 3. The summed E-state index contributed by atoms with van der Waals surface area (Å²) in [6.45, 7) is 5.65. The lowest BCUT2D eigenvalue weighted by atomic mass is 10.3. The van der Waals surface area contributed by atoms with Crippen LogP contribution < -0.4 is 10.6 Å². The Hall–Kier alpha value is -3.35. The standard InChI is InChI=1S/C23H29N7/c1-18-28-20-10-4-6-12-22(20)30(18)16-8-14-26-23(24-2)25-13-7-15-29-17-27-19-9-3-5-11-21(19)29/h3-6,9-12,17H,7-8,13-16H2,1-2H3,(H2,24,25,26). The van der Waals surface area contributed by atoms with Gasteiger partial charge in [-0.2, -0.15) is 0 Å². The lowest BCUT2D eigenvalue weighted by Crippen LogP contribution is -2.38. The largest absolute Gasteiger partial charge is 0.356 e. The molecule has 0 amide bonds. The molecule has 0 aliphatic carbocycles. The second-order valence-electron chi connectivity index (χ2n) is 7.36. The Bertz CT molecular complexity index is 1140. The van der Waals surface area contributed by atoms with Crippen LogP contribution in [0.2, 0.25) is 0 Å². The molecule has 7 heteroatoms. The number of nitrogens with one attached hydrogen (secondary N) is 2. The first-order valence-electron chi connectivity index (χ1n) is 10.5. The van der Waals surface area contributed by atoms with Gasteiger partial charge in [-0.3, -0.25) is 4.99 Å². The third kappa shape index (κ3) is 4.45. The van der Waals surface area contributed by atoms with Gasteiger partial charge in [0.05, 0.1) is 28.4 Å².